The number of para-hydroxylation sites is 1. The van der Waals surface area contributed by atoms with Gasteiger partial charge < -0.3 is 9.73 Å². The molecule has 1 aliphatic heterocycles. The second-order valence-corrected chi connectivity index (χ2v) is 8.18. The number of hydrogen-bond acceptors (Lipinski definition) is 6. The van der Waals surface area contributed by atoms with E-state index >= 15 is 0 Å². The number of nitrogens with zero attached hydrogens (tertiary/aromatic N) is 2. The molecular weight excluding hydrogens is 416 g/mol. The number of urea groups is 1. The lowest BCUT2D eigenvalue weighted by atomic mass is 9.92. The maximum absolute atomic E-state index is 12.9. The van der Waals surface area contributed by atoms with Crippen molar-refractivity contribution in [1.29, 1.82) is 0 Å². The first-order valence-corrected chi connectivity index (χ1v) is 10.3. The molecule has 0 saturated carbocycles. The SMILES string of the molecule is CC1(c2ccccc2)NC(=O)N(NC(=O)c2ccc(-c3nc4ccccc4s3)o2)C1=O. The first-order chi connectivity index (χ1) is 15.0. The molecule has 1 unspecified atom stereocenters. The smallest absolute Gasteiger partial charge is 0.344 e. The third-order valence-electron chi connectivity index (χ3n) is 5.09. The van der Waals surface area contributed by atoms with Gasteiger partial charge in [0.05, 0.1) is 10.2 Å². The number of rotatable bonds is 4. The van der Waals surface area contributed by atoms with Crippen molar-refractivity contribution >= 4 is 39.4 Å². The summed E-state index contributed by atoms with van der Waals surface area (Å²) in [5.74, 6) is -0.913. The molecule has 8 nitrogen and oxygen atoms in total. The summed E-state index contributed by atoms with van der Waals surface area (Å²) in [7, 11) is 0. The number of thiazole rings is 1. The van der Waals surface area contributed by atoms with Gasteiger partial charge in [-0.25, -0.2) is 15.2 Å². The number of carbonyl (C=O) groups excluding carboxylic acids is 3. The molecule has 1 fully saturated rings. The highest BCUT2D eigenvalue weighted by atomic mass is 32.1. The molecule has 4 amide bonds. The number of amides is 4. The van der Waals surface area contributed by atoms with Gasteiger partial charge in [-0.1, -0.05) is 42.5 Å². The first-order valence-electron chi connectivity index (χ1n) is 9.45. The number of hydrogen-bond donors (Lipinski definition) is 2. The molecule has 5 rings (SSSR count). The van der Waals surface area contributed by atoms with Gasteiger partial charge in [-0.15, -0.1) is 11.3 Å². The van der Waals surface area contributed by atoms with Gasteiger partial charge in [0.2, 0.25) is 0 Å². The van der Waals surface area contributed by atoms with Crippen molar-refractivity contribution in [3.05, 3.63) is 78.1 Å². The Kier molecular flexibility index (Phi) is 4.33. The van der Waals surface area contributed by atoms with E-state index in [1.54, 1.807) is 37.3 Å². The molecule has 31 heavy (non-hydrogen) atoms. The highest BCUT2D eigenvalue weighted by molar-refractivity contribution is 7.21. The molecule has 0 spiro atoms. The Morgan fingerprint density at radius 3 is 2.58 bits per heavy atom. The van der Waals surface area contributed by atoms with Crippen LogP contribution in [0.4, 0.5) is 4.79 Å². The summed E-state index contributed by atoms with van der Waals surface area (Å²) in [5.41, 5.74) is 2.51. The van der Waals surface area contributed by atoms with Crippen LogP contribution >= 0.6 is 11.3 Å². The molecule has 2 aromatic carbocycles. The summed E-state index contributed by atoms with van der Waals surface area (Å²) in [6, 6.07) is 18.9. The predicted octanol–water partition coefficient (Wildman–Crippen LogP) is 3.67. The van der Waals surface area contributed by atoms with Gasteiger partial charge in [-0.3, -0.25) is 9.59 Å². The average molecular weight is 432 g/mol. The summed E-state index contributed by atoms with van der Waals surface area (Å²) < 4.78 is 6.64. The van der Waals surface area contributed by atoms with Gasteiger partial charge in [-0.05, 0) is 36.8 Å². The van der Waals surface area contributed by atoms with Crippen LogP contribution < -0.4 is 10.7 Å². The summed E-state index contributed by atoms with van der Waals surface area (Å²) >= 11 is 1.44. The minimum absolute atomic E-state index is 0.0387. The van der Waals surface area contributed by atoms with E-state index in [9.17, 15) is 14.4 Å². The Morgan fingerprint density at radius 1 is 1.06 bits per heavy atom. The van der Waals surface area contributed by atoms with Crippen LogP contribution in [-0.2, 0) is 10.3 Å². The van der Waals surface area contributed by atoms with Crippen LogP contribution in [0.25, 0.3) is 21.0 Å². The number of carbonyl (C=O) groups is 3. The Labute approximate surface area is 180 Å². The van der Waals surface area contributed by atoms with E-state index in [0.29, 0.717) is 21.3 Å². The van der Waals surface area contributed by atoms with Crippen molar-refractivity contribution in [2.45, 2.75) is 12.5 Å². The number of hydrazine groups is 1. The highest BCUT2D eigenvalue weighted by Gasteiger charge is 2.50. The number of fused-ring (bicyclic) bond motifs is 1. The van der Waals surface area contributed by atoms with Crippen molar-refractivity contribution in [2.75, 3.05) is 0 Å². The van der Waals surface area contributed by atoms with Crippen molar-refractivity contribution in [2.24, 2.45) is 0 Å². The summed E-state index contributed by atoms with van der Waals surface area (Å²) in [5, 5.41) is 3.94. The fourth-order valence-corrected chi connectivity index (χ4v) is 4.34. The van der Waals surface area contributed by atoms with Crippen LogP contribution in [0.1, 0.15) is 23.0 Å². The van der Waals surface area contributed by atoms with Gasteiger partial charge in [0.1, 0.15) is 5.54 Å². The molecule has 154 valence electrons. The van der Waals surface area contributed by atoms with Gasteiger partial charge in [0, 0.05) is 0 Å². The molecule has 1 aliphatic rings. The molecule has 9 heteroatoms. The van der Waals surface area contributed by atoms with Gasteiger partial charge in [0.25, 0.3) is 5.91 Å². The Balaban J connectivity index is 1.36. The van der Waals surface area contributed by atoms with Crippen molar-refractivity contribution in [3.8, 4) is 10.8 Å². The molecule has 0 aliphatic carbocycles. The van der Waals surface area contributed by atoms with E-state index in [1.807, 2.05) is 30.3 Å². The zero-order valence-corrected chi connectivity index (χ0v) is 17.1. The van der Waals surface area contributed by atoms with E-state index in [0.717, 1.165) is 10.2 Å². The standard InChI is InChI=1S/C22H16N4O4S/c1-22(13-7-3-2-4-8-13)20(28)26(21(29)24-22)25-18(27)15-11-12-16(30-15)19-23-14-9-5-6-10-17(14)31-19/h2-12H,1H3,(H,24,29)(H,25,27). The van der Waals surface area contributed by atoms with Gasteiger partial charge >= 0.3 is 11.9 Å². The van der Waals surface area contributed by atoms with Crippen LogP contribution in [0.15, 0.2) is 71.1 Å². The van der Waals surface area contributed by atoms with Crippen molar-refractivity contribution in [3.63, 3.8) is 0 Å². The van der Waals surface area contributed by atoms with Crippen LogP contribution in [0.3, 0.4) is 0 Å². The second-order valence-electron chi connectivity index (χ2n) is 7.15. The quantitative estimate of drug-likeness (QED) is 0.479. The Bertz CT molecular complexity index is 1300. The first kappa shape index (κ1) is 19.0. The molecule has 0 radical (unpaired) electrons. The van der Waals surface area contributed by atoms with E-state index in [4.69, 9.17) is 4.42 Å². The number of nitrogens with one attached hydrogen (secondary N) is 2. The van der Waals surface area contributed by atoms with E-state index < -0.39 is 23.4 Å². The van der Waals surface area contributed by atoms with E-state index in [1.165, 1.54) is 17.4 Å². The lowest BCUT2D eigenvalue weighted by Gasteiger charge is -2.21. The summed E-state index contributed by atoms with van der Waals surface area (Å²) in [6.45, 7) is 1.59. The number of aromatic nitrogens is 1. The van der Waals surface area contributed by atoms with Crippen LogP contribution in [0, 0.1) is 0 Å². The second kappa shape index (κ2) is 7.06. The van der Waals surface area contributed by atoms with Crippen LogP contribution in [-0.4, -0.2) is 27.8 Å². The van der Waals surface area contributed by atoms with Crippen molar-refractivity contribution < 1.29 is 18.8 Å². The largest absolute Gasteiger partial charge is 0.448 e. The normalized spacial score (nSPS) is 18.4. The maximum Gasteiger partial charge on any atom is 0.344 e. The lowest BCUT2D eigenvalue weighted by molar-refractivity contribution is -0.132. The topological polar surface area (TPSA) is 105 Å². The summed E-state index contributed by atoms with van der Waals surface area (Å²) in [4.78, 5) is 42.5. The Hall–Kier alpha value is -3.98. The average Bonchev–Trinajstić information content (AvgIpc) is 3.48. The minimum Gasteiger partial charge on any atom is -0.448 e. The molecular formula is C22H16N4O4S. The molecule has 2 aromatic heterocycles. The van der Waals surface area contributed by atoms with Crippen LogP contribution in [0.2, 0.25) is 0 Å². The molecule has 3 heterocycles. The van der Waals surface area contributed by atoms with Crippen LogP contribution in [0.5, 0.6) is 0 Å². The fraction of sp³-hybridized carbons (Fsp3) is 0.0909. The molecule has 0 bridgehead atoms. The Morgan fingerprint density at radius 2 is 1.81 bits per heavy atom. The molecule has 1 saturated heterocycles. The minimum atomic E-state index is -1.28. The fourth-order valence-electron chi connectivity index (χ4n) is 3.42. The van der Waals surface area contributed by atoms with Crippen molar-refractivity contribution in [1.82, 2.24) is 20.7 Å². The summed E-state index contributed by atoms with van der Waals surface area (Å²) in [6.07, 6.45) is 0. The number of furan rings is 1. The van der Waals surface area contributed by atoms with E-state index in [-0.39, 0.29) is 5.76 Å². The predicted molar refractivity (Wildman–Crippen MR) is 114 cm³/mol. The molecule has 4 aromatic rings. The molecule has 1 atom stereocenters. The maximum atomic E-state index is 12.9. The molecule has 2 N–H and O–H groups in total. The number of imide groups is 1. The zero-order valence-electron chi connectivity index (χ0n) is 16.3. The van der Waals surface area contributed by atoms with Gasteiger partial charge in [0.15, 0.2) is 16.5 Å². The zero-order chi connectivity index (χ0) is 21.6. The highest BCUT2D eigenvalue weighted by Crippen LogP contribution is 2.31. The third kappa shape index (κ3) is 3.15. The monoisotopic (exact) mass is 432 g/mol. The van der Waals surface area contributed by atoms with E-state index in [2.05, 4.69) is 15.7 Å². The third-order valence-corrected chi connectivity index (χ3v) is 6.14. The van der Waals surface area contributed by atoms with Gasteiger partial charge in [-0.2, -0.15) is 5.01 Å². The lowest BCUT2D eigenvalue weighted by Crippen LogP contribution is -2.47. The number of benzene rings is 2.